The number of carbonyl (C=O) groups excluding carboxylic acids is 1. The van der Waals surface area contributed by atoms with E-state index in [1.54, 1.807) is 4.68 Å². The van der Waals surface area contributed by atoms with Crippen molar-refractivity contribution in [1.82, 2.24) is 9.78 Å². The first-order chi connectivity index (χ1) is 9.13. The lowest BCUT2D eigenvalue weighted by atomic mass is 10.1. The number of anilines is 2. The minimum Gasteiger partial charge on any atom is -0.373 e. The number of aromatic nitrogens is 2. The third-order valence-electron chi connectivity index (χ3n) is 3.34. The summed E-state index contributed by atoms with van der Waals surface area (Å²) in [6.07, 6.45) is 0.721. The average molecular weight is 256 g/mol. The van der Waals surface area contributed by atoms with Gasteiger partial charge in [-0.15, -0.1) is 0 Å². The normalized spacial score (nSPS) is 16.8. The van der Waals surface area contributed by atoms with E-state index in [0.29, 0.717) is 0 Å². The van der Waals surface area contributed by atoms with Crippen LogP contribution in [0.25, 0.3) is 0 Å². The van der Waals surface area contributed by atoms with Gasteiger partial charge in [-0.2, -0.15) is 5.10 Å². The summed E-state index contributed by atoms with van der Waals surface area (Å²) >= 11 is 0. The predicted molar refractivity (Wildman–Crippen MR) is 74.1 cm³/mol. The van der Waals surface area contributed by atoms with E-state index in [1.807, 2.05) is 44.3 Å². The van der Waals surface area contributed by atoms with Crippen LogP contribution in [0.1, 0.15) is 11.3 Å². The van der Waals surface area contributed by atoms with Gasteiger partial charge in [0.25, 0.3) is 0 Å². The van der Waals surface area contributed by atoms with Crippen molar-refractivity contribution in [3.8, 4) is 0 Å². The molecule has 0 bridgehead atoms. The molecule has 0 aliphatic carbocycles. The molecule has 2 aromatic rings. The lowest BCUT2D eigenvalue weighted by Gasteiger charge is -2.11. The fraction of sp³-hybridized carbons (Fsp3) is 0.286. The number of benzene rings is 1. The molecule has 1 aliphatic rings. The summed E-state index contributed by atoms with van der Waals surface area (Å²) in [5.41, 5.74) is 3.12. The van der Waals surface area contributed by atoms with Crippen LogP contribution in [-0.4, -0.2) is 21.7 Å². The highest BCUT2D eigenvalue weighted by Gasteiger charge is 2.26. The molecule has 5 heteroatoms. The summed E-state index contributed by atoms with van der Waals surface area (Å²) in [6, 6.07) is 9.65. The Kier molecular flexibility index (Phi) is 2.74. The summed E-state index contributed by atoms with van der Waals surface area (Å²) in [7, 11) is 1.82. The van der Waals surface area contributed by atoms with Crippen molar-refractivity contribution in [2.24, 2.45) is 7.05 Å². The first-order valence-corrected chi connectivity index (χ1v) is 6.29. The van der Waals surface area contributed by atoms with Crippen molar-refractivity contribution >= 4 is 17.4 Å². The van der Waals surface area contributed by atoms with Crippen LogP contribution in [0.2, 0.25) is 0 Å². The standard InChI is InChI=1S/C14H16N4O/c1-9-7-13(18(2)17-9)16-14(19)12-8-10-5-3-4-6-11(10)15-12/h3-7,12,15H,8H2,1-2H3,(H,16,19)/t12-/m0/s1. The number of hydrogen-bond donors (Lipinski definition) is 2. The maximum absolute atomic E-state index is 12.2. The maximum atomic E-state index is 12.2. The fourth-order valence-corrected chi connectivity index (χ4v) is 2.40. The van der Waals surface area contributed by atoms with Crippen molar-refractivity contribution in [3.63, 3.8) is 0 Å². The quantitative estimate of drug-likeness (QED) is 0.860. The molecule has 1 aromatic carbocycles. The monoisotopic (exact) mass is 256 g/mol. The van der Waals surface area contributed by atoms with Crippen LogP contribution < -0.4 is 10.6 Å². The molecule has 2 heterocycles. The minimum atomic E-state index is -0.215. The van der Waals surface area contributed by atoms with Gasteiger partial charge in [-0.1, -0.05) is 18.2 Å². The number of hydrogen-bond acceptors (Lipinski definition) is 3. The summed E-state index contributed by atoms with van der Waals surface area (Å²) in [4.78, 5) is 12.2. The Morgan fingerprint density at radius 3 is 2.95 bits per heavy atom. The second-order valence-corrected chi connectivity index (χ2v) is 4.84. The number of rotatable bonds is 2. The van der Waals surface area contributed by atoms with Crippen molar-refractivity contribution in [2.45, 2.75) is 19.4 Å². The molecule has 0 saturated heterocycles. The van der Waals surface area contributed by atoms with Gasteiger partial charge < -0.3 is 10.6 Å². The summed E-state index contributed by atoms with van der Waals surface area (Å²) in [6.45, 7) is 1.90. The van der Waals surface area contributed by atoms with Gasteiger partial charge in [0, 0.05) is 25.2 Å². The van der Waals surface area contributed by atoms with Crippen LogP contribution >= 0.6 is 0 Å². The van der Waals surface area contributed by atoms with Crippen molar-refractivity contribution in [2.75, 3.05) is 10.6 Å². The average Bonchev–Trinajstić information content (AvgIpc) is 2.93. The molecule has 3 rings (SSSR count). The van der Waals surface area contributed by atoms with Crippen LogP contribution in [0.3, 0.4) is 0 Å². The molecule has 1 aliphatic heterocycles. The van der Waals surface area contributed by atoms with Crippen molar-refractivity contribution in [3.05, 3.63) is 41.6 Å². The Bertz CT molecular complexity index is 607. The summed E-state index contributed by atoms with van der Waals surface area (Å²) < 4.78 is 1.68. The molecule has 1 amide bonds. The van der Waals surface area contributed by atoms with E-state index in [0.717, 1.165) is 23.6 Å². The van der Waals surface area contributed by atoms with E-state index in [-0.39, 0.29) is 11.9 Å². The SMILES string of the molecule is Cc1cc(NC(=O)[C@@H]2Cc3ccccc3N2)n(C)n1. The molecular formula is C14H16N4O. The van der Waals surface area contributed by atoms with Crippen LogP contribution in [0.4, 0.5) is 11.5 Å². The van der Waals surface area contributed by atoms with E-state index in [9.17, 15) is 4.79 Å². The Hall–Kier alpha value is -2.30. The highest BCUT2D eigenvalue weighted by molar-refractivity contribution is 5.97. The van der Waals surface area contributed by atoms with E-state index < -0.39 is 0 Å². The second kappa shape index (κ2) is 4.42. The van der Waals surface area contributed by atoms with Crippen LogP contribution in [0.5, 0.6) is 0 Å². The molecule has 0 fully saturated rings. The largest absolute Gasteiger partial charge is 0.373 e. The molecule has 0 spiro atoms. The van der Waals surface area contributed by atoms with E-state index >= 15 is 0 Å². The van der Waals surface area contributed by atoms with Gasteiger partial charge in [0.05, 0.1) is 5.69 Å². The van der Waals surface area contributed by atoms with Gasteiger partial charge in [0.1, 0.15) is 11.9 Å². The number of amides is 1. The first-order valence-electron chi connectivity index (χ1n) is 6.29. The second-order valence-electron chi connectivity index (χ2n) is 4.84. The molecular weight excluding hydrogens is 240 g/mol. The van der Waals surface area contributed by atoms with Gasteiger partial charge >= 0.3 is 0 Å². The smallest absolute Gasteiger partial charge is 0.248 e. The fourth-order valence-electron chi connectivity index (χ4n) is 2.40. The molecule has 98 valence electrons. The Morgan fingerprint density at radius 1 is 1.47 bits per heavy atom. The lowest BCUT2D eigenvalue weighted by molar-refractivity contribution is -0.116. The van der Waals surface area contributed by atoms with Gasteiger partial charge in [-0.3, -0.25) is 9.48 Å². The maximum Gasteiger partial charge on any atom is 0.248 e. The number of para-hydroxylation sites is 1. The van der Waals surface area contributed by atoms with Crippen LogP contribution in [0, 0.1) is 6.92 Å². The number of fused-ring (bicyclic) bond motifs is 1. The van der Waals surface area contributed by atoms with E-state index in [2.05, 4.69) is 15.7 Å². The molecule has 1 atom stereocenters. The summed E-state index contributed by atoms with van der Waals surface area (Å²) in [5, 5.41) is 10.4. The van der Waals surface area contributed by atoms with Crippen molar-refractivity contribution < 1.29 is 4.79 Å². The number of carbonyl (C=O) groups is 1. The zero-order valence-corrected chi connectivity index (χ0v) is 11.0. The molecule has 5 nitrogen and oxygen atoms in total. The Balaban J connectivity index is 1.72. The Labute approximate surface area is 111 Å². The number of nitrogens with one attached hydrogen (secondary N) is 2. The molecule has 0 unspecified atom stereocenters. The highest BCUT2D eigenvalue weighted by atomic mass is 16.2. The highest BCUT2D eigenvalue weighted by Crippen LogP contribution is 2.25. The Morgan fingerprint density at radius 2 is 2.26 bits per heavy atom. The lowest BCUT2D eigenvalue weighted by Crippen LogP contribution is -2.33. The van der Waals surface area contributed by atoms with Crippen LogP contribution in [-0.2, 0) is 18.3 Å². The van der Waals surface area contributed by atoms with Gasteiger partial charge in [-0.05, 0) is 18.6 Å². The van der Waals surface area contributed by atoms with E-state index in [4.69, 9.17) is 0 Å². The van der Waals surface area contributed by atoms with Crippen molar-refractivity contribution in [1.29, 1.82) is 0 Å². The summed E-state index contributed by atoms with van der Waals surface area (Å²) in [5.74, 6) is 0.694. The third-order valence-corrected chi connectivity index (χ3v) is 3.34. The molecule has 2 N–H and O–H groups in total. The number of nitrogens with zero attached hydrogens (tertiary/aromatic N) is 2. The molecule has 0 radical (unpaired) electrons. The zero-order chi connectivity index (χ0) is 13.4. The molecule has 0 saturated carbocycles. The van der Waals surface area contributed by atoms with Gasteiger partial charge in [-0.25, -0.2) is 0 Å². The zero-order valence-electron chi connectivity index (χ0n) is 11.0. The topological polar surface area (TPSA) is 59.0 Å². The minimum absolute atomic E-state index is 0.0285. The van der Waals surface area contributed by atoms with Gasteiger partial charge in [0.15, 0.2) is 0 Å². The predicted octanol–water partition coefficient (Wildman–Crippen LogP) is 1.70. The van der Waals surface area contributed by atoms with E-state index in [1.165, 1.54) is 5.56 Å². The third kappa shape index (κ3) is 2.19. The molecule has 19 heavy (non-hydrogen) atoms. The molecule has 1 aromatic heterocycles. The first kappa shape index (κ1) is 11.8. The van der Waals surface area contributed by atoms with Crippen LogP contribution in [0.15, 0.2) is 30.3 Å². The van der Waals surface area contributed by atoms with Gasteiger partial charge in [0.2, 0.25) is 5.91 Å². The number of aryl methyl sites for hydroxylation is 2.